The molecule has 0 bridgehead atoms. The normalized spacial score (nSPS) is 12.4. The monoisotopic (exact) mass is 324 g/mol. The predicted octanol–water partition coefficient (Wildman–Crippen LogP) is 6.13. The molecule has 2 aromatic rings. The lowest BCUT2D eigenvalue weighted by Gasteiger charge is -2.15. The maximum absolute atomic E-state index is 13.8. The molecule has 0 nitrogen and oxygen atoms in total. The molecule has 21 heavy (non-hydrogen) atoms. The van der Waals surface area contributed by atoms with Crippen molar-refractivity contribution >= 4 is 23.2 Å². The summed E-state index contributed by atoms with van der Waals surface area (Å²) in [6, 6.07) is 11.0. The molecule has 3 heteroatoms. The van der Waals surface area contributed by atoms with Crippen LogP contribution >= 0.6 is 23.2 Å². The molecule has 2 rings (SSSR count). The first-order chi connectivity index (χ1) is 10.1. The van der Waals surface area contributed by atoms with E-state index in [0.717, 1.165) is 18.4 Å². The van der Waals surface area contributed by atoms with Crippen molar-refractivity contribution in [2.75, 3.05) is 0 Å². The zero-order valence-corrected chi connectivity index (χ0v) is 13.8. The Morgan fingerprint density at radius 3 is 2.38 bits per heavy atom. The van der Waals surface area contributed by atoms with Crippen LogP contribution in [0.2, 0.25) is 5.02 Å². The zero-order chi connectivity index (χ0) is 15.4. The van der Waals surface area contributed by atoms with Crippen molar-refractivity contribution in [3.8, 4) is 0 Å². The molecule has 112 valence electrons. The maximum Gasteiger partial charge on any atom is 0.127 e. The van der Waals surface area contributed by atoms with Gasteiger partial charge in [-0.2, -0.15) is 0 Å². The van der Waals surface area contributed by atoms with Gasteiger partial charge >= 0.3 is 0 Å². The van der Waals surface area contributed by atoms with E-state index in [1.165, 1.54) is 17.2 Å². The van der Waals surface area contributed by atoms with Gasteiger partial charge in [0, 0.05) is 10.6 Å². The van der Waals surface area contributed by atoms with Crippen LogP contribution in [0.25, 0.3) is 0 Å². The SMILES string of the molecule is CCc1ccc(C(Cl)Cc2c(F)cccc2Cl)cc1CC. The van der Waals surface area contributed by atoms with Crippen LogP contribution in [-0.4, -0.2) is 0 Å². The highest BCUT2D eigenvalue weighted by molar-refractivity contribution is 6.31. The fourth-order valence-electron chi connectivity index (χ4n) is 2.54. The molecule has 0 fully saturated rings. The first kappa shape index (κ1) is 16.3. The van der Waals surface area contributed by atoms with E-state index in [4.69, 9.17) is 23.2 Å². The zero-order valence-electron chi connectivity index (χ0n) is 12.3. The van der Waals surface area contributed by atoms with Crippen LogP contribution in [0.5, 0.6) is 0 Å². The van der Waals surface area contributed by atoms with Crippen molar-refractivity contribution in [1.82, 2.24) is 0 Å². The third kappa shape index (κ3) is 3.78. The lowest BCUT2D eigenvalue weighted by molar-refractivity contribution is 0.607. The summed E-state index contributed by atoms with van der Waals surface area (Å²) in [7, 11) is 0. The minimum Gasteiger partial charge on any atom is -0.207 e. The molecule has 0 N–H and O–H groups in total. The highest BCUT2D eigenvalue weighted by Crippen LogP contribution is 2.31. The van der Waals surface area contributed by atoms with E-state index in [0.29, 0.717) is 17.0 Å². The summed E-state index contributed by atoms with van der Waals surface area (Å²) in [5, 5.41) is 0.150. The highest BCUT2D eigenvalue weighted by atomic mass is 35.5. The Kier molecular flexibility index (Phi) is 5.66. The first-order valence-corrected chi connectivity index (χ1v) is 8.06. The number of hydrogen-bond donors (Lipinski definition) is 0. The van der Waals surface area contributed by atoms with Gasteiger partial charge in [-0.05, 0) is 48.1 Å². The van der Waals surface area contributed by atoms with Gasteiger partial charge < -0.3 is 0 Å². The second kappa shape index (κ2) is 7.29. The van der Waals surface area contributed by atoms with E-state index in [1.807, 2.05) is 6.07 Å². The van der Waals surface area contributed by atoms with Crippen LogP contribution in [0.3, 0.4) is 0 Å². The Bertz CT molecular complexity index is 602. The van der Waals surface area contributed by atoms with Gasteiger partial charge in [0.1, 0.15) is 5.82 Å². The van der Waals surface area contributed by atoms with Gasteiger partial charge in [0.15, 0.2) is 0 Å². The number of rotatable bonds is 5. The first-order valence-electron chi connectivity index (χ1n) is 7.25. The number of hydrogen-bond acceptors (Lipinski definition) is 0. The van der Waals surface area contributed by atoms with E-state index >= 15 is 0 Å². The molecule has 0 aliphatic carbocycles. The van der Waals surface area contributed by atoms with Gasteiger partial charge in [-0.15, -0.1) is 11.6 Å². The van der Waals surface area contributed by atoms with E-state index in [9.17, 15) is 4.39 Å². The van der Waals surface area contributed by atoms with Gasteiger partial charge in [-0.1, -0.05) is 49.7 Å². The second-order valence-corrected chi connectivity index (χ2v) is 6.04. The smallest absolute Gasteiger partial charge is 0.127 e. The molecule has 1 atom stereocenters. The van der Waals surface area contributed by atoms with Crippen molar-refractivity contribution in [2.45, 2.75) is 38.5 Å². The molecule has 0 heterocycles. The molecule has 2 aromatic carbocycles. The van der Waals surface area contributed by atoms with Crippen molar-refractivity contribution in [3.63, 3.8) is 0 Å². The van der Waals surface area contributed by atoms with E-state index in [-0.39, 0.29) is 11.2 Å². The summed E-state index contributed by atoms with van der Waals surface area (Å²) < 4.78 is 13.8. The average Bonchev–Trinajstić information content (AvgIpc) is 2.50. The van der Waals surface area contributed by atoms with E-state index in [2.05, 4.69) is 26.0 Å². The van der Waals surface area contributed by atoms with Crippen LogP contribution in [0.15, 0.2) is 36.4 Å². The Morgan fingerprint density at radius 2 is 1.76 bits per heavy atom. The highest BCUT2D eigenvalue weighted by Gasteiger charge is 2.15. The van der Waals surface area contributed by atoms with Crippen LogP contribution in [0.4, 0.5) is 4.39 Å². The Balaban J connectivity index is 2.26. The third-order valence-electron chi connectivity index (χ3n) is 3.80. The van der Waals surface area contributed by atoms with Crippen LogP contribution in [0.1, 0.15) is 41.5 Å². The van der Waals surface area contributed by atoms with Crippen molar-refractivity contribution in [2.24, 2.45) is 0 Å². The van der Waals surface area contributed by atoms with Gasteiger partial charge in [-0.25, -0.2) is 4.39 Å². The van der Waals surface area contributed by atoms with Crippen molar-refractivity contribution in [3.05, 3.63) is 69.5 Å². The quantitative estimate of drug-likeness (QED) is 0.580. The molecule has 0 radical (unpaired) electrons. The standard InChI is InChI=1S/C18H19Cl2F/c1-3-12-8-9-14(10-13(12)4-2)17(20)11-15-16(19)6-5-7-18(15)21/h5-10,17H,3-4,11H2,1-2H3. The lowest BCUT2D eigenvalue weighted by Crippen LogP contribution is -2.01. The summed E-state index contributed by atoms with van der Waals surface area (Å²) in [5.41, 5.74) is 4.15. The van der Waals surface area contributed by atoms with Crippen LogP contribution in [0, 0.1) is 5.82 Å². The van der Waals surface area contributed by atoms with E-state index < -0.39 is 0 Å². The molecule has 0 spiro atoms. The topological polar surface area (TPSA) is 0 Å². The summed E-state index contributed by atoms with van der Waals surface area (Å²) >= 11 is 12.6. The molecular weight excluding hydrogens is 306 g/mol. The molecule has 0 aromatic heterocycles. The van der Waals surface area contributed by atoms with Gasteiger partial charge in [0.25, 0.3) is 0 Å². The fourth-order valence-corrected chi connectivity index (χ4v) is 3.07. The minimum absolute atomic E-state index is 0.282. The molecule has 0 aliphatic heterocycles. The summed E-state index contributed by atoms with van der Waals surface area (Å²) in [5.74, 6) is -0.297. The second-order valence-electron chi connectivity index (χ2n) is 5.11. The predicted molar refractivity (Wildman–Crippen MR) is 88.9 cm³/mol. The number of alkyl halides is 1. The lowest BCUT2D eigenvalue weighted by atomic mass is 9.96. The van der Waals surface area contributed by atoms with Crippen LogP contribution < -0.4 is 0 Å². The maximum atomic E-state index is 13.8. The molecule has 1 unspecified atom stereocenters. The molecule has 0 saturated carbocycles. The Labute approximate surface area is 135 Å². The van der Waals surface area contributed by atoms with E-state index in [1.54, 1.807) is 12.1 Å². The largest absolute Gasteiger partial charge is 0.207 e. The Hall–Kier alpha value is -1.05. The van der Waals surface area contributed by atoms with Gasteiger partial charge in [0.2, 0.25) is 0 Å². The number of halogens is 3. The third-order valence-corrected chi connectivity index (χ3v) is 4.56. The number of aryl methyl sites for hydroxylation is 2. The van der Waals surface area contributed by atoms with Gasteiger partial charge in [0.05, 0.1) is 5.38 Å². The minimum atomic E-state index is -0.297. The molecular formula is C18H19Cl2F. The fraction of sp³-hybridized carbons (Fsp3) is 0.333. The summed E-state index contributed by atoms with van der Waals surface area (Å²) in [4.78, 5) is 0. The van der Waals surface area contributed by atoms with Gasteiger partial charge in [-0.3, -0.25) is 0 Å². The summed E-state index contributed by atoms with van der Waals surface area (Å²) in [6.45, 7) is 4.28. The average molecular weight is 325 g/mol. The molecule has 0 amide bonds. The Morgan fingerprint density at radius 1 is 1.05 bits per heavy atom. The number of benzene rings is 2. The van der Waals surface area contributed by atoms with Crippen molar-refractivity contribution < 1.29 is 4.39 Å². The van der Waals surface area contributed by atoms with Crippen LogP contribution in [-0.2, 0) is 19.3 Å². The molecule has 0 aliphatic rings. The van der Waals surface area contributed by atoms with Crippen molar-refractivity contribution in [1.29, 1.82) is 0 Å². The summed E-state index contributed by atoms with van der Waals surface area (Å²) in [6.07, 6.45) is 2.37. The molecule has 0 saturated heterocycles.